The van der Waals surface area contributed by atoms with Crippen molar-refractivity contribution in [3.8, 4) is 5.75 Å². The van der Waals surface area contributed by atoms with Gasteiger partial charge >= 0.3 is 0 Å². The molecule has 0 bridgehead atoms. The molecule has 1 atom stereocenters. The van der Waals surface area contributed by atoms with E-state index in [0.717, 1.165) is 45.2 Å². The van der Waals surface area contributed by atoms with Gasteiger partial charge in [0.1, 0.15) is 5.75 Å². The number of amides is 2. The first-order valence-corrected chi connectivity index (χ1v) is 15.6. The summed E-state index contributed by atoms with van der Waals surface area (Å²) in [7, 11) is 1.65. The van der Waals surface area contributed by atoms with Crippen molar-refractivity contribution in [3.63, 3.8) is 0 Å². The molecule has 1 unspecified atom stereocenters. The van der Waals surface area contributed by atoms with Crippen LogP contribution in [0.2, 0.25) is 0 Å². The standard InChI is InChI=1S/C33H43BrN4O3/c1-4-38(28-9-6-5-7-10-28)21-27-18-26(20-30(34)31(27)35)33(40)37-16-8-15-36-32(39)22(2)23-11-12-25-19-29(41-3)14-13-24(25)17-23/h11-14,17-20,22,28H,4-10,15-16,21,35H2,1-3H3,(H,36,39)(H,37,40). The fourth-order valence-electron chi connectivity index (χ4n) is 5.65. The van der Waals surface area contributed by atoms with E-state index in [-0.39, 0.29) is 17.7 Å². The molecule has 41 heavy (non-hydrogen) atoms. The minimum Gasteiger partial charge on any atom is -0.497 e. The number of ether oxygens (including phenoxy) is 1. The number of nitrogen functional groups attached to an aromatic ring is 1. The maximum Gasteiger partial charge on any atom is 0.251 e. The highest BCUT2D eigenvalue weighted by atomic mass is 79.9. The number of anilines is 1. The molecule has 1 aliphatic carbocycles. The van der Waals surface area contributed by atoms with E-state index < -0.39 is 0 Å². The van der Waals surface area contributed by atoms with E-state index in [4.69, 9.17) is 10.5 Å². The van der Waals surface area contributed by atoms with Crippen LogP contribution in [0.5, 0.6) is 5.75 Å². The molecule has 3 aromatic carbocycles. The fourth-order valence-corrected chi connectivity index (χ4v) is 6.15. The minimum absolute atomic E-state index is 0.0326. The molecule has 3 aromatic rings. The zero-order valence-corrected chi connectivity index (χ0v) is 26.1. The molecule has 0 aliphatic heterocycles. The predicted octanol–water partition coefficient (Wildman–Crippen LogP) is 6.39. The maximum absolute atomic E-state index is 13.0. The lowest BCUT2D eigenvalue weighted by molar-refractivity contribution is -0.122. The van der Waals surface area contributed by atoms with Crippen LogP contribution in [0.25, 0.3) is 10.8 Å². The summed E-state index contributed by atoms with van der Waals surface area (Å²) in [5.41, 5.74) is 9.63. The van der Waals surface area contributed by atoms with Crippen LogP contribution >= 0.6 is 15.9 Å². The second kappa shape index (κ2) is 14.7. The topological polar surface area (TPSA) is 96.7 Å². The number of nitrogens with zero attached hydrogens (tertiary/aromatic N) is 1. The van der Waals surface area contributed by atoms with Gasteiger partial charge in [-0.05, 0) is 94.8 Å². The van der Waals surface area contributed by atoms with Gasteiger partial charge in [0.25, 0.3) is 5.91 Å². The first-order chi connectivity index (χ1) is 19.8. The average Bonchev–Trinajstić information content (AvgIpc) is 3.00. The van der Waals surface area contributed by atoms with Gasteiger partial charge in [-0.25, -0.2) is 0 Å². The third-order valence-corrected chi connectivity index (χ3v) is 8.91. The number of hydrogen-bond donors (Lipinski definition) is 3. The van der Waals surface area contributed by atoms with Gasteiger partial charge in [0, 0.05) is 35.7 Å². The summed E-state index contributed by atoms with van der Waals surface area (Å²) in [5.74, 6) is 0.359. The zero-order valence-electron chi connectivity index (χ0n) is 24.5. The van der Waals surface area contributed by atoms with Crippen molar-refractivity contribution in [2.45, 2.75) is 70.9 Å². The normalized spacial score (nSPS) is 14.7. The monoisotopic (exact) mass is 622 g/mol. The molecular formula is C33H43BrN4O3. The number of benzene rings is 3. The van der Waals surface area contributed by atoms with Gasteiger partial charge in [0.2, 0.25) is 5.91 Å². The van der Waals surface area contributed by atoms with Crippen LogP contribution in [-0.4, -0.2) is 49.5 Å². The third kappa shape index (κ3) is 8.01. The maximum atomic E-state index is 13.0. The third-order valence-electron chi connectivity index (χ3n) is 8.25. The lowest BCUT2D eigenvalue weighted by Crippen LogP contribution is -2.36. The Balaban J connectivity index is 1.26. The molecule has 1 saturated carbocycles. The Morgan fingerprint density at radius 2 is 1.73 bits per heavy atom. The van der Waals surface area contributed by atoms with E-state index in [1.807, 2.05) is 49.4 Å². The minimum atomic E-state index is -0.280. The smallest absolute Gasteiger partial charge is 0.251 e. The molecule has 0 saturated heterocycles. The predicted molar refractivity (Wildman–Crippen MR) is 170 cm³/mol. The van der Waals surface area contributed by atoms with Crippen molar-refractivity contribution >= 4 is 44.2 Å². The van der Waals surface area contributed by atoms with Crippen molar-refractivity contribution < 1.29 is 14.3 Å². The summed E-state index contributed by atoms with van der Waals surface area (Å²) in [6, 6.07) is 16.2. The van der Waals surface area contributed by atoms with Crippen LogP contribution in [0.3, 0.4) is 0 Å². The Hall–Kier alpha value is -3.10. The highest BCUT2D eigenvalue weighted by Crippen LogP contribution is 2.30. The quantitative estimate of drug-likeness (QED) is 0.161. The molecule has 4 N–H and O–H groups in total. The first-order valence-electron chi connectivity index (χ1n) is 14.8. The molecule has 0 aromatic heterocycles. The molecule has 220 valence electrons. The number of fused-ring (bicyclic) bond motifs is 1. The molecule has 0 spiro atoms. The van der Waals surface area contributed by atoms with Gasteiger partial charge < -0.3 is 21.1 Å². The summed E-state index contributed by atoms with van der Waals surface area (Å²) in [4.78, 5) is 28.3. The lowest BCUT2D eigenvalue weighted by Gasteiger charge is -2.34. The number of methoxy groups -OCH3 is 1. The van der Waals surface area contributed by atoms with Crippen LogP contribution in [0, 0.1) is 0 Å². The molecule has 7 nitrogen and oxygen atoms in total. The van der Waals surface area contributed by atoms with Gasteiger partial charge in [-0.2, -0.15) is 0 Å². The first kappa shape index (κ1) is 30.8. The fraction of sp³-hybridized carbons (Fsp3) is 0.455. The van der Waals surface area contributed by atoms with Gasteiger partial charge in [-0.1, -0.05) is 50.5 Å². The van der Waals surface area contributed by atoms with Gasteiger partial charge in [-0.15, -0.1) is 0 Å². The van der Waals surface area contributed by atoms with Crippen LogP contribution in [0.4, 0.5) is 5.69 Å². The van der Waals surface area contributed by atoms with Crippen LogP contribution in [0.1, 0.15) is 79.8 Å². The lowest BCUT2D eigenvalue weighted by atomic mass is 9.93. The highest BCUT2D eigenvalue weighted by Gasteiger charge is 2.22. The van der Waals surface area contributed by atoms with Gasteiger partial charge in [0.05, 0.1) is 18.7 Å². The van der Waals surface area contributed by atoms with E-state index in [0.29, 0.717) is 36.8 Å². The van der Waals surface area contributed by atoms with Crippen molar-refractivity contribution in [1.29, 1.82) is 0 Å². The summed E-state index contributed by atoms with van der Waals surface area (Å²) in [6.45, 7) is 6.74. The summed E-state index contributed by atoms with van der Waals surface area (Å²) < 4.78 is 6.04. The van der Waals surface area contributed by atoms with E-state index >= 15 is 0 Å². The van der Waals surface area contributed by atoms with Gasteiger partial charge in [0.15, 0.2) is 0 Å². The number of carbonyl (C=O) groups is 2. The average molecular weight is 624 g/mol. The van der Waals surface area contributed by atoms with Crippen molar-refractivity contribution in [3.05, 3.63) is 69.7 Å². The Kier molecular flexibility index (Phi) is 11.1. The van der Waals surface area contributed by atoms with Crippen LogP contribution in [0.15, 0.2) is 53.0 Å². The van der Waals surface area contributed by atoms with Crippen molar-refractivity contribution in [2.24, 2.45) is 0 Å². The molecule has 4 rings (SSSR count). The largest absolute Gasteiger partial charge is 0.497 e. The molecule has 2 amide bonds. The van der Waals surface area contributed by atoms with E-state index in [9.17, 15) is 9.59 Å². The summed E-state index contributed by atoms with van der Waals surface area (Å²) >= 11 is 3.56. The second-order valence-electron chi connectivity index (χ2n) is 11.0. The Morgan fingerprint density at radius 1 is 1.02 bits per heavy atom. The highest BCUT2D eigenvalue weighted by molar-refractivity contribution is 9.10. The SMILES string of the molecule is CCN(Cc1cc(C(=O)NCCCNC(=O)C(C)c2ccc3cc(OC)ccc3c2)cc(Br)c1N)C1CCCCC1. The molecule has 0 radical (unpaired) electrons. The second-order valence-corrected chi connectivity index (χ2v) is 11.8. The molecule has 0 heterocycles. The Morgan fingerprint density at radius 3 is 2.46 bits per heavy atom. The number of hydrogen-bond acceptors (Lipinski definition) is 5. The Labute approximate surface area is 252 Å². The van der Waals surface area contributed by atoms with E-state index in [2.05, 4.69) is 38.4 Å². The number of carbonyl (C=O) groups excluding carboxylic acids is 2. The molecule has 1 fully saturated rings. The number of halogens is 1. The number of rotatable bonds is 12. The zero-order chi connectivity index (χ0) is 29.4. The number of nitrogens with two attached hydrogens (primary N) is 1. The van der Waals surface area contributed by atoms with Crippen molar-refractivity contribution in [1.82, 2.24) is 15.5 Å². The van der Waals surface area contributed by atoms with E-state index in [1.165, 1.54) is 32.1 Å². The summed E-state index contributed by atoms with van der Waals surface area (Å²) in [6.07, 6.45) is 6.96. The number of nitrogens with one attached hydrogen (secondary N) is 2. The van der Waals surface area contributed by atoms with Gasteiger partial charge in [-0.3, -0.25) is 14.5 Å². The van der Waals surface area contributed by atoms with E-state index in [1.54, 1.807) is 13.2 Å². The summed E-state index contributed by atoms with van der Waals surface area (Å²) in [5, 5.41) is 8.14. The van der Waals surface area contributed by atoms with Crippen LogP contribution in [-0.2, 0) is 11.3 Å². The Bertz CT molecular complexity index is 1360. The van der Waals surface area contributed by atoms with Crippen LogP contribution < -0.4 is 21.1 Å². The molecule has 8 heteroatoms. The molecular weight excluding hydrogens is 580 g/mol. The van der Waals surface area contributed by atoms with Crippen molar-refractivity contribution in [2.75, 3.05) is 32.5 Å². The molecule has 1 aliphatic rings.